The van der Waals surface area contributed by atoms with Crippen molar-refractivity contribution in [1.29, 1.82) is 0 Å². The Bertz CT molecular complexity index is 697. The van der Waals surface area contributed by atoms with Crippen LogP contribution in [0.4, 0.5) is 5.95 Å². The number of aromatic carboxylic acids is 1. The predicted octanol–water partition coefficient (Wildman–Crippen LogP) is 1.69. The molecular formula is C16H17N3O4. The Kier molecular flexibility index (Phi) is 4.38. The minimum Gasteiger partial charge on any atom is -0.497 e. The second-order valence-electron chi connectivity index (χ2n) is 5.07. The summed E-state index contributed by atoms with van der Waals surface area (Å²) in [5.41, 5.74) is 1.18. The lowest BCUT2D eigenvalue weighted by molar-refractivity contribution is 0.0697. The molecule has 1 aliphatic rings. The van der Waals surface area contributed by atoms with Gasteiger partial charge in [-0.25, -0.2) is 14.8 Å². The van der Waals surface area contributed by atoms with E-state index in [0.717, 1.165) is 0 Å². The molecule has 0 atom stereocenters. The first-order valence-corrected chi connectivity index (χ1v) is 7.26. The van der Waals surface area contributed by atoms with Crippen molar-refractivity contribution < 1.29 is 19.4 Å². The molecule has 7 heteroatoms. The summed E-state index contributed by atoms with van der Waals surface area (Å²) in [5, 5.41) is 9.39. The Balaban J connectivity index is 2.01. The van der Waals surface area contributed by atoms with Gasteiger partial charge >= 0.3 is 5.97 Å². The number of nitrogens with zero attached hydrogens (tertiary/aromatic N) is 3. The number of rotatable bonds is 4. The van der Waals surface area contributed by atoms with E-state index in [1.54, 1.807) is 31.4 Å². The number of carboxylic acid groups (broad SMARTS) is 1. The van der Waals surface area contributed by atoms with Gasteiger partial charge in [-0.1, -0.05) is 0 Å². The van der Waals surface area contributed by atoms with E-state index >= 15 is 0 Å². The van der Waals surface area contributed by atoms with Crippen LogP contribution >= 0.6 is 0 Å². The van der Waals surface area contributed by atoms with Gasteiger partial charge in [-0.3, -0.25) is 0 Å². The molecular weight excluding hydrogens is 298 g/mol. The number of benzene rings is 1. The van der Waals surface area contributed by atoms with Gasteiger partial charge in [0.15, 0.2) is 0 Å². The topological polar surface area (TPSA) is 84.8 Å². The number of carbonyl (C=O) groups is 1. The van der Waals surface area contributed by atoms with Gasteiger partial charge in [-0.05, 0) is 24.3 Å². The van der Waals surface area contributed by atoms with Crippen molar-refractivity contribution in [2.75, 3.05) is 38.3 Å². The van der Waals surface area contributed by atoms with Crippen molar-refractivity contribution >= 4 is 11.9 Å². The summed E-state index contributed by atoms with van der Waals surface area (Å²) in [6.45, 7) is 2.60. The van der Waals surface area contributed by atoms with Gasteiger partial charge in [0.2, 0.25) is 5.95 Å². The van der Waals surface area contributed by atoms with Crippen LogP contribution in [-0.4, -0.2) is 54.5 Å². The molecule has 1 fully saturated rings. The molecule has 0 unspecified atom stereocenters. The third kappa shape index (κ3) is 3.24. The molecule has 7 nitrogen and oxygen atoms in total. The maximum atomic E-state index is 11.5. The normalized spacial score (nSPS) is 14.6. The van der Waals surface area contributed by atoms with Gasteiger partial charge in [-0.15, -0.1) is 0 Å². The number of hydrogen-bond acceptors (Lipinski definition) is 6. The molecule has 0 aliphatic carbocycles. The third-order valence-corrected chi connectivity index (χ3v) is 3.66. The lowest BCUT2D eigenvalue weighted by Gasteiger charge is -2.27. The third-order valence-electron chi connectivity index (χ3n) is 3.66. The molecule has 120 valence electrons. The van der Waals surface area contributed by atoms with Crippen LogP contribution in [-0.2, 0) is 4.74 Å². The van der Waals surface area contributed by atoms with Crippen LogP contribution in [0.2, 0.25) is 0 Å². The average molecular weight is 315 g/mol. The zero-order valence-corrected chi connectivity index (χ0v) is 12.7. The second-order valence-corrected chi connectivity index (χ2v) is 5.07. The average Bonchev–Trinajstić information content (AvgIpc) is 2.62. The molecule has 0 spiro atoms. The van der Waals surface area contributed by atoms with E-state index in [1.165, 1.54) is 6.20 Å². The summed E-state index contributed by atoms with van der Waals surface area (Å²) in [6.07, 6.45) is 1.36. The quantitative estimate of drug-likeness (QED) is 0.919. The van der Waals surface area contributed by atoms with E-state index in [-0.39, 0.29) is 5.56 Å². The highest BCUT2D eigenvalue weighted by molar-refractivity contribution is 5.94. The predicted molar refractivity (Wildman–Crippen MR) is 84.0 cm³/mol. The summed E-state index contributed by atoms with van der Waals surface area (Å²) in [5.74, 6) is 0.168. The number of aromatic nitrogens is 2. The molecule has 1 aromatic heterocycles. The zero-order chi connectivity index (χ0) is 16.2. The number of morpholine rings is 1. The van der Waals surface area contributed by atoms with Crippen LogP contribution in [0.5, 0.6) is 5.75 Å². The molecule has 1 aromatic carbocycles. The molecule has 1 aliphatic heterocycles. The first-order valence-electron chi connectivity index (χ1n) is 7.26. The van der Waals surface area contributed by atoms with E-state index in [1.807, 2.05) is 4.90 Å². The lowest BCUT2D eigenvalue weighted by Crippen LogP contribution is -2.37. The fourth-order valence-electron chi connectivity index (χ4n) is 2.41. The maximum Gasteiger partial charge on any atom is 0.339 e. The highest BCUT2D eigenvalue weighted by Gasteiger charge is 2.19. The van der Waals surface area contributed by atoms with Crippen LogP contribution < -0.4 is 9.64 Å². The summed E-state index contributed by atoms with van der Waals surface area (Å²) in [6, 6.07) is 7.13. The SMILES string of the molecule is COc1ccc(-c2nc(N3CCOCC3)ncc2C(=O)O)cc1. The van der Waals surface area contributed by atoms with Crippen molar-refractivity contribution in [3.63, 3.8) is 0 Å². The Morgan fingerprint density at radius 2 is 1.96 bits per heavy atom. The second kappa shape index (κ2) is 6.62. The molecule has 0 saturated carbocycles. The van der Waals surface area contributed by atoms with E-state index in [9.17, 15) is 9.90 Å². The van der Waals surface area contributed by atoms with Crippen LogP contribution in [0.3, 0.4) is 0 Å². The Labute approximate surface area is 133 Å². The summed E-state index contributed by atoms with van der Waals surface area (Å²) in [7, 11) is 1.58. The van der Waals surface area contributed by atoms with Gasteiger partial charge < -0.3 is 19.5 Å². The molecule has 1 saturated heterocycles. The molecule has 0 radical (unpaired) electrons. The van der Waals surface area contributed by atoms with Crippen LogP contribution in [0.15, 0.2) is 30.5 Å². The molecule has 1 N–H and O–H groups in total. The first-order chi connectivity index (χ1) is 11.2. The van der Waals surface area contributed by atoms with E-state index in [0.29, 0.717) is 49.3 Å². The number of anilines is 1. The first kappa shape index (κ1) is 15.2. The smallest absolute Gasteiger partial charge is 0.339 e. The van der Waals surface area contributed by atoms with Gasteiger partial charge in [0.1, 0.15) is 11.3 Å². The monoisotopic (exact) mass is 315 g/mol. The zero-order valence-electron chi connectivity index (χ0n) is 12.7. The molecule has 2 aromatic rings. The minimum absolute atomic E-state index is 0.0761. The maximum absolute atomic E-state index is 11.5. The number of ether oxygens (including phenoxy) is 2. The van der Waals surface area contributed by atoms with Crippen molar-refractivity contribution in [2.24, 2.45) is 0 Å². The number of hydrogen-bond donors (Lipinski definition) is 1. The van der Waals surface area contributed by atoms with Gasteiger partial charge in [0, 0.05) is 24.8 Å². The van der Waals surface area contributed by atoms with E-state index < -0.39 is 5.97 Å². The highest BCUT2D eigenvalue weighted by Crippen LogP contribution is 2.26. The van der Waals surface area contributed by atoms with Crippen molar-refractivity contribution in [1.82, 2.24) is 9.97 Å². The largest absolute Gasteiger partial charge is 0.497 e. The fraction of sp³-hybridized carbons (Fsp3) is 0.312. The number of methoxy groups -OCH3 is 1. The Morgan fingerprint density at radius 1 is 1.26 bits per heavy atom. The fourth-order valence-corrected chi connectivity index (χ4v) is 2.41. The summed E-state index contributed by atoms with van der Waals surface area (Å²) < 4.78 is 10.4. The Morgan fingerprint density at radius 3 is 2.57 bits per heavy atom. The van der Waals surface area contributed by atoms with Crippen LogP contribution in [0.25, 0.3) is 11.3 Å². The number of carboxylic acids is 1. The molecule has 3 rings (SSSR count). The molecule has 23 heavy (non-hydrogen) atoms. The highest BCUT2D eigenvalue weighted by atomic mass is 16.5. The van der Waals surface area contributed by atoms with Crippen LogP contribution in [0.1, 0.15) is 10.4 Å². The molecule has 2 heterocycles. The van der Waals surface area contributed by atoms with E-state index in [4.69, 9.17) is 9.47 Å². The standard InChI is InChI=1S/C16H17N3O4/c1-22-12-4-2-11(3-5-12)14-13(15(20)21)10-17-16(18-14)19-6-8-23-9-7-19/h2-5,10H,6-9H2,1H3,(H,20,21). The van der Waals surface area contributed by atoms with Gasteiger partial charge in [0.25, 0.3) is 0 Å². The molecule has 0 bridgehead atoms. The van der Waals surface area contributed by atoms with Gasteiger partial charge in [0.05, 0.1) is 26.0 Å². The van der Waals surface area contributed by atoms with E-state index in [2.05, 4.69) is 9.97 Å². The van der Waals surface area contributed by atoms with Crippen molar-refractivity contribution in [3.05, 3.63) is 36.0 Å². The van der Waals surface area contributed by atoms with Crippen molar-refractivity contribution in [2.45, 2.75) is 0 Å². The molecule has 0 amide bonds. The Hall–Kier alpha value is -2.67. The summed E-state index contributed by atoms with van der Waals surface area (Å²) >= 11 is 0. The minimum atomic E-state index is -1.05. The lowest BCUT2D eigenvalue weighted by atomic mass is 10.1. The summed E-state index contributed by atoms with van der Waals surface area (Å²) in [4.78, 5) is 22.1. The van der Waals surface area contributed by atoms with Crippen molar-refractivity contribution in [3.8, 4) is 17.0 Å². The van der Waals surface area contributed by atoms with Crippen LogP contribution in [0, 0.1) is 0 Å². The van der Waals surface area contributed by atoms with Gasteiger partial charge in [-0.2, -0.15) is 0 Å².